The van der Waals surface area contributed by atoms with Gasteiger partial charge in [0.15, 0.2) is 0 Å². The van der Waals surface area contributed by atoms with Gasteiger partial charge in [0, 0.05) is 13.0 Å². The Morgan fingerprint density at radius 1 is 1.43 bits per heavy atom. The standard InChI is InChI=1S/C11H14N2O/c1-2-8-4-3-5-9-11(8)13-10(14)6-7-12-9/h3-5,12H,2,6-7H2,1H3,(H,13,14). The molecule has 0 aliphatic carbocycles. The van der Waals surface area contributed by atoms with Gasteiger partial charge in [0.2, 0.25) is 5.91 Å². The minimum atomic E-state index is 0.0946. The van der Waals surface area contributed by atoms with E-state index in [0.717, 1.165) is 17.8 Å². The van der Waals surface area contributed by atoms with Crippen LogP contribution in [0.15, 0.2) is 18.2 Å². The molecule has 2 N–H and O–H groups in total. The highest BCUT2D eigenvalue weighted by Crippen LogP contribution is 2.28. The fourth-order valence-corrected chi connectivity index (χ4v) is 1.70. The Balaban J connectivity index is 2.45. The van der Waals surface area contributed by atoms with E-state index < -0.39 is 0 Å². The molecule has 0 radical (unpaired) electrons. The van der Waals surface area contributed by atoms with Crippen molar-refractivity contribution in [1.29, 1.82) is 0 Å². The van der Waals surface area contributed by atoms with Crippen molar-refractivity contribution in [2.45, 2.75) is 19.8 Å². The molecule has 0 saturated carbocycles. The summed E-state index contributed by atoms with van der Waals surface area (Å²) in [5, 5.41) is 6.19. The first kappa shape index (κ1) is 9.06. The maximum Gasteiger partial charge on any atom is 0.226 e. The van der Waals surface area contributed by atoms with Gasteiger partial charge in [-0.3, -0.25) is 4.79 Å². The van der Waals surface area contributed by atoms with E-state index in [1.54, 1.807) is 0 Å². The van der Waals surface area contributed by atoms with Gasteiger partial charge in [0.05, 0.1) is 11.4 Å². The molecule has 1 aromatic carbocycles. The summed E-state index contributed by atoms with van der Waals surface area (Å²) in [5.41, 5.74) is 3.18. The van der Waals surface area contributed by atoms with Gasteiger partial charge < -0.3 is 10.6 Å². The summed E-state index contributed by atoms with van der Waals surface area (Å²) >= 11 is 0. The van der Waals surface area contributed by atoms with E-state index in [-0.39, 0.29) is 5.91 Å². The van der Waals surface area contributed by atoms with Crippen LogP contribution in [0, 0.1) is 0 Å². The third kappa shape index (κ3) is 1.58. The zero-order valence-corrected chi connectivity index (χ0v) is 8.26. The molecule has 3 nitrogen and oxygen atoms in total. The smallest absolute Gasteiger partial charge is 0.226 e. The average molecular weight is 190 g/mol. The van der Waals surface area contributed by atoms with Gasteiger partial charge in [-0.25, -0.2) is 0 Å². The highest BCUT2D eigenvalue weighted by atomic mass is 16.1. The van der Waals surface area contributed by atoms with Crippen molar-refractivity contribution in [1.82, 2.24) is 0 Å². The van der Waals surface area contributed by atoms with Crippen LogP contribution in [0.2, 0.25) is 0 Å². The van der Waals surface area contributed by atoms with Crippen molar-refractivity contribution in [2.75, 3.05) is 17.2 Å². The molecule has 0 unspecified atom stereocenters. The topological polar surface area (TPSA) is 41.1 Å². The largest absolute Gasteiger partial charge is 0.383 e. The summed E-state index contributed by atoms with van der Waals surface area (Å²) < 4.78 is 0. The number of fused-ring (bicyclic) bond motifs is 1. The lowest BCUT2D eigenvalue weighted by Crippen LogP contribution is -2.11. The molecule has 14 heavy (non-hydrogen) atoms. The lowest BCUT2D eigenvalue weighted by atomic mass is 10.1. The molecule has 1 amide bonds. The molecule has 2 rings (SSSR count). The SMILES string of the molecule is CCc1cccc2c1NC(=O)CCN2. The second-order valence-corrected chi connectivity index (χ2v) is 3.42. The number of hydrogen-bond acceptors (Lipinski definition) is 2. The van der Waals surface area contributed by atoms with Crippen LogP contribution >= 0.6 is 0 Å². The van der Waals surface area contributed by atoms with Crippen LogP contribution in [-0.2, 0) is 11.2 Å². The maximum absolute atomic E-state index is 11.4. The predicted molar refractivity (Wildman–Crippen MR) is 57.6 cm³/mol. The zero-order chi connectivity index (χ0) is 9.97. The average Bonchev–Trinajstić information content (AvgIpc) is 2.38. The molecule has 1 aliphatic heterocycles. The first-order valence-electron chi connectivity index (χ1n) is 4.97. The number of rotatable bonds is 1. The molecule has 1 aromatic rings. The van der Waals surface area contributed by atoms with Gasteiger partial charge in [-0.15, -0.1) is 0 Å². The molecule has 1 aliphatic rings. The minimum Gasteiger partial charge on any atom is -0.383 e. The first-order chi connectivity index (χ1) is 6.81. The monoisotopic (exact) mass is 190 g/mol. The number of hydrogen-bond donors (Lipinski definition) is 2. The highest BCUT2D eigenvalue weighted by Gasteiger charge is 2.13. The van der Waals surface area contributed by atoms with Gasteiger partial charge in [0.25, 0.3) is 0 Å². The van der Waals surface area contributed by atoms with Gasteiger partial charge in [-0.1, -0.05) is 19.1 Å². The Kier molecular flexibility index (Phi) is 2.39. The number of aryl methyl sites for hydroxylation is 1. The van der Waals surface area contributed by atoms with E-state index in [2.05, 4.69) is 17.6 Å². The predicted octanol–water partition coefficient (Wildman–Crippen LogP) is 2.00. The van der Waals surface area contributed by atoms with E-state index in [1.165, 1.54) is 5.56 Å². The molecule has 0 aromatic heterocycles. The van der Waals surface area contributed by atoms with Crippen molar-refractivity contribution >= 4 is 17.3 Å². The first-order valence-corrected chi connectivity index (χ1v) is 4.97. The molecule has 1 heterocycles. The summed E-state index contributed by atoms with van der Waals surface area (Å²) in [7, 11) is 0. The molecule has 0 atom stereocenters. The second-order valence-electron chi connectivity index (χ2n) is 3.42. The van der Waals surface area contributed by atoms with E-state index >= 15 is 0 Å². The number of para-hydroxylation sites is 1. The Hall–Kier alpha value is -1.51. The minimum absolute atomic E-state index is 0.0946. The van der Waals surface area contributed by atoms with Crippen molar-refractivity contribution in [3.8, 4) is 0 Å². The third-order valence-corrected chi connectivity index (χ3v) is 2.46. The van der Waals surface area contributed by atoms with Gasteiger partial charge in [-0.05, 0) is 18.1 Å². The summed E-state index contributed by atoms with van der Waals surface area (Å²) in [6.45, 7) is 2.80. The number of amides is 1. The van der Waals surface area contributed by atoms with E-state index in [4.69, 9.17) is 0 Å². The van der Waals surface area contributed by atoms with Crippen LogP contribution in [0.5, 0.6) is 0 Å². The van der Waals surface area contributed by atoms with Crippen molar-refractivity contribution in [3.05, 3.63) is 23.8 Å². The lowest BCUT2D eigenvalue weighted by Gasteiger charge is -2.11. The lowest BCUT2D eigenvalue weighted by molar-refractivity contribution is -0.115. The third-order valence-electron chi connectivity index (χ3n) is 2.46. The Labute approximate surface area is 83.5 Å². The Morgan fingerprint density at radius 3 is 3.07 bits per heavy atom. The fraction of sp³-hybridized carbons (Fsp3) is 0.364. The normalized spacial score (nSPS) is 15.1. The number of carbonyl (C=O) groups is 1. The van der Waals surface area contributed by atoms with Crippen LogP contribution in [0.25, 0.3) is 0 Å². The van der Waals surface area contributed by atoms with Gasteiger partial charge >= 0.3 is 0 Å². The molecule has 3 heteroatoms. The van der Waals surface area contributed by atoms with Crippen LogP contribution in [0.4, 0.5) is 11.4 Å². The highest BCUT2D eigenvalue weighted by molar-refractivity contribution is 5.97. The van der Waals surface area contributed by atoms with Crippen LogP contribution in [0.1, 0.15) is 18.9 Å². The van der Waals surface area contributed by atoms with E-state index in [9.17, 15) is 4.79 Å². The van der Waals surface area contributed by atoms with Crippen molar-refractivity contribution in [3.63, 3.8) is 0 Å². The molecular weight excluding hydrogens is 176 g/mol. The van der Waals surface area contributed by atoms with Gasteiger partial charge in [0.1, 0.15) is 0 Å². The van der Waals surface area contributed by atoms with Crippen LogP contribution < -0.4 is 10.6 Å². The molecule has 0 saturated heterocycles. The quantitative estimate of drug-likeness (QED) is 0.711. The summed E-state index contributed by atoms with van der Waals surface area (Å²) in [6.07, 6.45) is 1.48. The number of benzene rings is 1. The molecule has 74 valence electrons. The molecule has 0 bridgehead atoms. The Bertz CT molecular complexity index is 360. The fourth-order valence-electron chi connectivity index (χ4n) is 1.70. The zero-order valence-electron chi connectivity index (χ0n) is 8.26. The maximum atomic E-state index is 11.4. The second kappa shape index (κ2) is 3.70. The molecule has 0 spiro atoms. The van der Waals surface area contributed by atoms with Crippen molar-refractivity contribution in [2.24, 2.45) is 0 Å². The van der Waals surface area contributed by atoms with E-state index in [1.807, 2.05) is 18.2 Å². The van der Waals surface area contributed by atoms with E-state index in [0.29, 0.717) is 13.0 Å². The number of nitrogens with one attached hydrogen (secondary N) is 2. The molecule has 0 fully saturated rings. The van der Waals surface area contributed by atoms with Gasteiger partial charge in [-0.2, -0.15) is 0 Å². The van der Waals surface area contributed by atoms with Crippen LogP contribution in [-0.4, -0.2) is 12.5 Å². The summed E-state index contributed by atoms with van der Waals surface area (Å²) in [4.78, 5) is 11.4. The van der Waals surface area contributed by atoms with Crippen LogP contribution in [0.3, 0.4) is 0 Å². The molecular formula is C11H14N2O. The summed E-state index contributed by atoms with van der Waals surface area (Å²) in [5.74, 6) is 0.0946. The number of anilines is 2. The number of carbonyl (C=O) groups excluding carboxylic acids is 1. The van der Waals surface area contributed by atoms with Crippen molar-refractivity contribution < 1.29 is 4.79 Å². The summed E-state index contributed by atoms with van der Waals surface area (Å²) in [6, 6.07) is 6.06. The Morgan fingerprint density at radius 2 is 2.29 bits per heavy atom.